The Morgan fingerprint density at radius 1 is 1.38 bits per heavy atom. The number of benzene rings is 1. The fourth-order valence-corrected chi connectivity index (χ4v) is 2.08. The van der Waals surface area contributed by atoms with E-state index in [1.54, 1.807) is 0 Å². The molecule has 0 amide bonds. The molecule has 1 aromatic rings. The highest BCUT2D eigenvalue weighted by Crippen LogP contribution is 2.34. The molecule has 86 valence electrons. The van der Waals surface area contributed by atoms with Crippen LogP contribution < -0.4 is 0 Å². The van der Waals surface area contributed by atoms with Gasteiger partial charge in [-0.15, -0.1) is 0 Å². The van der Waals surface area contributed by atoms with Crippen molar-refractivity contribution in [2.75, 3.05) is 7.05 Å². The fourth-order valence-electron chi connectivity index (χ4n) is 2.08. The predicted molar refractivity (Wildman–Crippen MR) is 58.9 cm³/mol. The minimum absolute atomic E-state index is 0.175. The Morgan fingerprint density at radius 2 is 2.00 bits per heavy atom. The SMILES string of the molecule is CC1O[C@@H](C(=O)O)C(c2ccccc2)N1C. The van der Waals surface area contributed by atoms with Gasteiger partial charge in [0, 0.05) is 0 Å². The molecule has 0 bridgehead atoms. The standard InChI is InChI=1S/C12H15NO3/c1-8-13(2)10(11(16-8)12(14)15)9-6-4-3-5-7-9/h3-8,10-11H,1-2H3,(H,14,15)/t8?,10?,11-/m1/s1. The number of hydrogen-bond acceptors (Lipinski definition) is 3. The van der Waals surface area contributed by atoms with Gasteiger partial charge in [0.15, 0.2) is 6.10 Å². The third kappa shape index (κ3) is 1.81. The smallest absolute Gasteiger partial charge is 0.334 e. The van der Waals surface area contributed by atoms with Gasteiger partial charge < -0.3 is 9.84 Å². The Labute approximate surface area is 94.4 Å². The maximum absolute atomic E-state index is 11.1. The molecule has 1 heterocycles. The second-order valence-corrected chi connectivity index (χ2v) is 4.02. The number of carboxylic acid groups (broad SMARTS) is 1. The van der Waals surface area contributed by atoms with Gasteiger partial charge in [-0.3, -0.25) is 4.90 Å². The zero-order chi connectivity index (χ0) is 11.7. The van der Waals surface area contributed by atoms with E-state index in [2.05, 4.69) is 0 Å². The van der Waals surface area contributed by atoms with Crippen LogP contribution in [0.4, 0.5) is 0 Å². The van der Waals surface area contributed by atoms with Crippen LogP contribution in [0.1, 0.15) is 18.5 Å². The molecule has 2 unspecified atom stereocenters. The summed E-state index contributed by atoms with van der Waals surface area (Å²) in [6.45, 7) is 1.86. The van der Waals surface area contributed by atoms with E-state index < -0.39 is 12.1 Å². The van der Waals surface area contributed by atoms with Crippen molar-refractivity contribution in [1.82, 2.24) is 4.90 Å². The number of rotatable bonds is 2. The van der Waals surface area contributed by atoms with Crippen LogP contribution in [0.15, 0.2) is 30.3 Å². The third-order valence-electron chi connectivity index (χ3n) is 3.03. The first kappa shape index (κ1) is 11.1. The van der Waals surface area contributed by atoms with E-state index in [-0.39, 0.29) is 12.3 Å². The summed E-state index contributed by atoms with van der Waals surface area (Å²) in [4.78, 5) is 13.1. The molecule has 0 aliphatic carbocycles. The van der Waals surface area contributed by atoms with E-state index in [9.17, 15) is 4.79 Å². The highest BCUT2D eigenvalue weighted by atomic mass is 16.5. The summed E-state index contributed by atoms with van der Waals surface area (Å²) < 4.78 is 5.43. The summed E-state index contributed by atoms with van der Waals surface area (Å²) in [6, 6.07) is 9.37. The number of carboxylic acids is 1. The Bertz CT molecular complexity index is 379. The number of likely N-dealkylation sites (N-methyl/N-ethyl adjacent to an activating group) is 1. The molecule has 1 saturated heterocycles. The van der Waals surface area contributed by atoms with Crippen LogP contribution in [0, 0.1) is 0 Å². The average molecular weight is 221 g/mol. The van der Waals surface area contributed by atoms with E-state index in [4.69, 9.17) is 9.84 Å². The lowest BCUT2D eigenvalue weighted by Crippen LogP contribution is -2.30. The van der Waals surface area contributed by atoms with Crippen molar-refractivity contribution in [2.24, 2.45) is 0 Å². The Morgan fingerprint density at radius 3 is 2.56 bits per heavy atom. The van der Waals surface area contributed by atoms with Gasteiger partial charge in [0.1, 0.15) is 6.23 Å². The molecule has 0 aromatic heterocycles. The van der Waals surface area contributed by atoms with Crippen LogP contribution >= 0.6 is 0 Å². The summed E-state index contributed by atoms with van der Waals surface area (Å²) in [6.07, 6.45) is -0.964. The molecule has 0 saturated carbocycles. The van der Waals surface area contributed by atoms with Crippen molar-refractivity contribution in [3.63, 3.8) is 0 Å². The summed E-state index contributed by atoms with van der Waals surface area (Å²) in [5, 5.41) is 9.13. The highest BCUT2D eigenvalue weighted by Gasteiger charge is 2.42. The lowest BCUT2D eigenvalue weighted by molar-refractivity contribution is -0.149. The predicted octanol–water partition coefficient (Wildman–Crippen LogP) is 1.49. The molecule has 2 rings (SSSR count). The van der Waals surface area contributed by atoms with Crippen molar-refractivity contribution >= 4 is 5.97 Å². The maximum atomic E-state index is 11.1. The molecule has 16 heavy (non-hydrogen) atoms. The normalized spacial score (nSPS) is 30.5. The zero-order valence-corrected chi connectivity index (χ0v) is 9.33. The van der Waals surface area contributed by atoms with Crippen LogP contribution in [-0.4, -0.2) is 35.4 Å². The number of aliphatic carboxylic acids is 1. The molecule has 1 aliphatic heterocycles. The van der Waals surface area contributed by atoms with E-state index in [0.717, 1.165) is 5.56 Å². The van der Waals surface area contributed by atoms with E-state index in [0.29, 0.717) is 0 Å². The second kappa shape index (κ2) is 4.23. The fraction of sp³-hybridized carbons (Fsp3) is 0.417. The molecular formula is C12H15NO3. The summed E-state index contributed by atoms with van der Waals surface area (Å²) in [5.74, 6) is -0.912. The number of carbonyl (C=O) groups is 1. The molecule has 0 spiro atoms. The summed E-state index contributed by atoms with van der Waals surface area (Å²) in [5.41, 5.74) is 0.974. The molecule has 1 fully saturated rings. The van der Waals surface area contributed by atoms with Crippen LogP contribution in [-0.2, 0) is 9.53 Å². The minimum atomic E-state index is -0.912. The first-order chi connectivity index (χ1) is 7.61. The van der Waals surface area contributed by atoms with Crippen LogP contribution in [0.5, 0.6) is 0 Å². The zero-order valence-electron chi connectivity index (χ0n) is 9.33. The molecular weight excluding hydrogens is 206 g/mol. The summed E-state index contributed by atoms with van der Waals surface area (Å²) >= 11 is 0. The monoisotopic (exact) mass is 221 g/mol. The van der Waals surface area contributed by atoms with Crippen molar-refractivity contribution in [2.45, 2.75) is 25.3 Å². The molecule has 3 atom stereocenters. The van der Waals surface area contributed by atoms with Gasteiger partial charge in [-0.1, -0.05) is 30.3 Å². The van der Waals surface area contributed by atoms with Gasteiger partial charge in [0.25, 0.3) is 0 Å². The van der Waals surface area contributed by atoms with E-state index in [1.807, 2.05) is 49.2 Å². The summed E-state index contributed by atoms with van der Waals surface area (Å²) in [7, 11) is 1.88. The number of ether oxygens (including phenoxy) is 1. The lowest BCUT2D eigenvalue weighted by atomic mass is 10.0. The number of hydrogen-bond donors (Lipinski definition) is 1. The molecule has 4 heteroatoms. The van der Waals surface area contributed by atoms with Crippen LogP contribution in [0.25, 0.3) is 0 Å². The molecule has 1 aromatic carbocycles. The van der Waals surface area contributed by atoms with Crippen molar-refractivity contribution in [3.8, 4) is 0 Å². The molecule has 1 aliphatic rings. The van der Waals surface area contributed by atoms with Gasteiger partial charge in [0.2, 0.25) is 0 Å². The van der Waals surface area contributed by atoms with Gasteiger partial charge in [-0.05, 0) is 19.5 Å². The van der Waals surface area contributed by atoms with Crippen LogP contribution in [0.3, 0.4) is 0 Å². The first-order valence-corrected chi connectivity index (χ1v) is 5.26. The Kier molecular flexibility index (Phi) is 2.94. The lowest BCUT2D eigenvalue weighted by Gasteiger charge is -2.22. The first-order valence-electron chi connectivity index (χ1n) is 5.26. The maximum Gasteiger partial charge on any atom is 0.334 e. The quantitative estimate of drug-likeness (QED) is 0.822. The van der Waals surface area contributed by atoms with Crippen molar-refractivity contribution in [3.05, 3.63) is 35.9 Å². The molecule has 4 nitrogen and oxygen atoms in total. The van der Waals surface area contributed by atoms with Gasteiger partial charge >= 0.3 is 5.97 Å². The van der Waals surface area contributed by atoms with Crippen molar-refractivity contribution in [1.29, 1.82) is 0 Å². The van der Waals surface area contributed by atoms with Gasteiger partial charge in [-0.2, -0.15) is 0 Å². The number of nitrogens with zero attached hydrogens (tertiary/aromatic N) is 1. The second-order valence-electron chi connectivity index (χ2n) is 4.02. The van der Waals surface area contributed by atoms with Gasteiger partial charge in [0.05, 0.1) is 6.04 Å². The Hall–Kier alpha value is -1.39. The highest BCUT2D eigenvalue weighted by molar-refractivity contribution is 5.74. The topological polar surface area (TPSA) is 49.8 Å². The third-order valence-corrected chi connectivity index (χ3v) is 3.03. The van der Waals surface area contributed by atoms with Crippen molar-refractivity contribution < 1.29 is 14.6 Å². The molecule has 1 N–H and O–H groups in total. The average Bonchev–Trinajstić information content (AvgIpc) is 2.57. The van der Waals surface area contributed by atoms with E-state index >= 15 is 0 Å². The van der Waals surface area contributed by atoms with Gasteiger partial charge in [-0.25, -0.2) is 4.79 Å². The molecule has 0 radical (unpaired) electrons. The Balaban J connectivity index is 2.33. The van der Waals surface area contributed by atoms with Crippen LogP contribution in [0.2, 0.25) is 0 Å². The minimum Gasteiger partial charge on any atom is -0.479 e. The van der Waals surface area contributed by atoms with E-state index in [1.165, 1.54) is 0 Å². The largest absolute Gasteiger partial charge is 0.479 e.